The zero-order chi connectivity index (χ0) is 23.3. The minimum Gasteiger partial charge on any atom is -0.109 e. The number of hydrogen-bond donors (Lipinski definition) is 0. The van der Waals surface area contributed by atoms with Crippen LogP contribution in [-0.2, 0) is 0 Å². The molecular formula is C26H61B. The van der Waals surface area contributed by atoms with E-state index in [0.717, 1.165) is 18.5 Å². The highest BCUT2D eigenvalue weighted by molar-refractivity contribution is 6.65. The van der Waals surface area contributed by atoms with E-state index in [2.05, 4.69) is 74.5 Å². The minimum atomic E-state index is 0.778. The van der Waals surface area contributed by atoms with E-state index in [0.29, 0.717) is 0 Å². The van der Waals surface area contributed by atoms with Crippen molar-refractivity contribution in [2.24, 2.45) is 11.8 Å². The van der Waals surface area contributed by atoms with Crippen molar-refractivity contribution in [3.05, 3.63) is 24.7 Å². The second-order valence-electron chi connectivity index (χ2n) is 6.41. The fourth-order valence-corrected chi connectivity index (χ4v) is 2.03. The van der Waals surface area contributed by atoms with Crippen molar-refractivity contribution in [1.82, 2.24) is 0 Å². The molecule has 1 heteroatoms. The van der Waals surface area contributed by atoms with Crippen LogP contribution in [0.25, 0.3) is 0 Å². The highest BCUT2D eigenvalue weighted by Gasteiger charge is 2.13. The smallest absolute Gasteiger partial charge is 0.109 e. The highest BCUT2D eigenvalue weighted by Crippen LogP contribution is 2.27. The molecule has 0 N–H and O–H groups in total. The van der Waals surface area contributed by atoms with Crippen molar-refractivity contribution >= 4 is 6.71 Å². The lowest BCUT2D eigenvalue weighted by Crippen LogP contribution is -2.08. The molecule has 0 spiro atoms. The van der Waals surface area contributed by atoms with Gasteiger partial charge in [-0.15, -0.1) is 18.6 Å². The Morgan fingerprint density at radius 3 is 1.15 bits per heavy atom. The quantitative estimate of drug-likeness (QED) is 0.328. The van der Waals surface area contributed by atoms with Gasteiger partial charge in [0.05, 0.1) is 0 Å². The maximum Gasteiger partial charge on any atom is 0.166 e. The van der Waals surface area contributed by atoms with Crippen LogP contribution in [0.4, 0.5) is 0 Å². The van der Waals surface area contributed by atoms with E-state index in [4.69, 9.17) is 0 Å². The first-order chi connectivity index (χ1) is 12.9. The van der Waals surface area contributed by atoms with Crippen molar-refractivity contribution < 1.29 is 0 Å². The summed E-state index contributed by atoms with van der Waals surface area (Å²) in [6, 6.07) is 0. The van der Waals surface area contributed by atoms with Gasteiger partial charge >= 0.3 is 0 Å². The van der Waals surface area contributed by atoms with Crippen LogP contribution in [-0.4, -0.2) is 6.71 Å². The molecule has 0 atom stereocenters. The molecule has 0 amide bonds. The van der Waals surface area contributed by atoms with Crippen molar-refractivity contribution in [2.75, 3.05) is 0 Å². The first-order valence-corrected chi connectivity index (χ1v) is 12.0. The summed E-state index contributed by atoms with van der Waals surface area (Å²) in [6.45, 7) is 36.5. The molecule has 1 aliphatic carbocycles. The SMILES string of the molecule is C/C=C(/C)B(C)CC.C=C.CC.CC.CC.CC1CCC(C)CC1.CCC. The standard InChI is InChI=1S/C8H16.C7H15B.C3H8.3C2H6.C2H4/c1-7-3-5-8(2)6-4-7;1-5-7(3)8(4)6-2;1-3-2;4*1-2/h7-8H,3-6H2,1-2H3;5H,6H2,1-4H3;3H2,1-2H3;3*1-2H3;1-2H2/b;7-5-;;;;;. The van der Waals surface area contributed by atoms with Crippen LogP contribution in [0, 0.1) is 11.8 Å². The maximum atomic E-state index is 3.00. The van der Waals surface area contributed by atoms with E-state index in [9.17, 15) is 0 Å². The van der Waals surface area contributed by atoms with Gasteiger partial charge in [0.2, 0.25) is 0 Å². The Morgan fingerprint density at radius 1 is 0.815 bits per heavy atom. The minimum absolute atomic E-state index is 0.778. The summed E-state index contributed by atoms with van der Waals surface area (Å²) < 4.78 is 0. The molecule has 1 rings (SSSR count). The van der Waals surface area contributed by atoms with Crippen LogP contribution >= 0.6 is 0 Å². The average Bonchev–Trinajstić information content (AvgIpc) is 2.76. The van der Waals surface area contributed by atoms with Gasteiger partial charge in [-0.3, -0.25) is 0 Å². The van der Waals surface area contributed by atoms with Gasteiger partial charge in [-0.05, 0) is 18.8 Å². The van der Waals surface area contributed by atoms with Crippen molar-refractivity contribution in [3.63, 3.8) is 0 Å². The molecule has 0 aromatic heterocycles. The molecule has 1 fully saturated rings. The summed E-state index contributed by atoms with van der Waals surface area (Å²) in [5.74, 6) is 2.04. The van der Waals surface area contributed by atoms with Crippen molar-refractivity contribution in [2.45, 2.75) is 135 Å². The largest absolute Gasteiger partial charge is 0.166 e. The molecule has 1 aliphatic rings. The molecule has 0 saturated heterocycles. The fraction of sp³-hybridized carbons (Fsp3) is 0.846. The highest BCUT2D eigenvalue weighted by atomic mass is 14.2. The molecule has 0 radical (unpaired) electrons. The monoisotopic (exact) mass is 384 g/mol. The summed E-state index contributed by atoms with van der Waals surface area (Å²) in [5.41, 5.74) is 1.51. The van der Waals surface area contributed by atoms with Crippen molar-refractivity contribution in [1.29, 1.82) is 0 Å². The number of allylic oxidation sites excluding steroid dienone is 2. The summed E-state index contributed by atoms with van der Waals surface area (Å²) in [6.07, 6.45) is 10.6. The van der Waals surface area contributed by atoms with Gasteiger partial charge in [-0.25, -0.2) is 0 Å². The Labute approximate surface area is 178 Å². The Hall–Kier alpha value is -0.455. The summed E-state index contributed by atoms with van der Waals surface area (Å²) in [5, 5.41) is 0. The molecule has 0 unspecified atom stereocenters. The van der Waals surface area contributed by atoms with E-state index in [1.54, 1.807) is 0 Å². The van der Waals surface area contributed by atoms with Crippen LogP contribution in [0.15, 0.2) is 24.7 Å². The summed E-state index contributed by atoms with van der Waals surface area (Å²) >= 11 is 0. The molecule has 0 aromatic carbocycles. The molecule has 27 heavy (non-hydrogen) atoms. The molecule has 168 valence electrons. The van der Waals surface area contributed by atoms with Crippen LogP contribution in [0.2, 0.25) is 13.1 Å². The molecular weight excluding hydrogens is 323 g/mol. The van der Waals surface area contributed by atoms with Crippen LogP contribution in [0.3, 0.4) is 0 Å². The second-order valence-corrected chi connectivity index (χ2v) is 6.41. The van der Waals surface area contributed by atoms with E-state index in [-0.39, 0.29) is 0 Å². The van der Waals surface area contributed by atoms with Gasteiger partial charge in [0.15, 0.2) is 6.71 Å². The van der Waals surface area contributed by atoms with Crippen LogP contribution in [0.5, 0.6) is 0 Å². The third-order valence-electron chi connectivity index (χ3n) is 4.15. The molecule has 0 bridgehead atoms. The van der Waals surface area contributed by atoms with Gasteiger partial charge in [-0.2, -0.15) is 0 Å². The summed E-state index contributed by atoms with van der Waals surface area (Å²) in [7, 11) is 0. The predicted molar refractivity (Wildman–Crippen MR) is 140 cm³/mol. The van der Waals surface area contributed by atoms with Crippen LogP contribution < -0.4 is 0 Å². The topological polar surface area (TPSA) is 0 Å². The second kappa shape index (κ2) is 44.7. The lowest BCUT2D eigenvalue weighted by atomic mass is 9.45. The first-order valence-electron chi connectivity index (χ1n) is 12.0. The molecule has 0 nitrogen and oxygen atoms in total. The Morgan fingerprint density at radius 2 is 1.04 bits per heavy atom. The molecule has 0 aromatic rings. The molecule has 0 heterocycles. The van der Waals surface area contributed by atoms with Gasteiger partial charge in [0, 0.05) is 0 Å². The lowest BCUT2D eigenvalue weighted by Gasteiger charge is -2.22. The van der Waals surface area contributed by atoms with Crippen LogP contribution in [0.1, 0.15) is 122 Å². The third-order valence-corrected chi connectivity index (χ3v) is 4.15. The maximum absolute atomic E-state index is 3.00. The van der Waals surface area contributed by atoms with E-state index >= 15 is 0 Å². The van der Waals surface area contributed by atoms with Gasteiger partial charge in [0.1, 0.15) is 0 Å². The van der Waals surface area contributed by atoms with Gasteiger partial charge in [-0.1, -0.05) is 134 Å². The zero-order valence-corrected chi connectivity index (χ0v) is 22.5. The molecule has 0 aliphatic heterocycles. The number of hydrogen-bond acceptors (Lipinski definition) is 0. The Balaban J connectivity index is -0.0000000542. The first kappa shape index (κ1) is 41.0. The molecule has 1 saturated carbocycles. The zero-order valence-electron chi connectivity index (χ0n) is 22.5. The van der Waals surface area contributed by atoms with E-state index in [1.807, 2.05) is 41.5 Å². The lowest BCUT2D eigenvalue weighted by molar-refractivity contribution is 0.308. The summed E-state index contributed by atoms with van der Waals surface area (Å²) in [4.78, 5) is 0. The van der Waals surface area contributed by atoms with E-state index in [1.165, 1.54) is 43.9 Å². The van der Waals surface area contributed by atoms with Gasteiger partial charge < -0.3 is 0 Å². The third kappa shape index (κ3) is 46.0. The average molecular weight is 385 g/mol. The normalized spacial score (nSPS) is 16.7. The van der Waals surface area contributed by atoms with E-state index < -0.39 is 0 Å². The Kier molecular flexibility index (Phi) is 68.0. The Bertz CT molecular complexity index is 202. The van der Waals surface area contributed by atoms with Crippen molar-refractivity contribution in [3.8, 4) is 0 Å². The van der Waals surface area contributed by atoms with Gasteiger partial charge in [0.25, 0.3) is 0 Å². The predicted octanol–water partition coefficient (Wildman–Crippen LogP) is 10.8. The number of rotatable bonds is 2. The fourth-order valence-electron chi connectivity index (χ4n) is 2.03.